The van der Waals surface area contributed by atoms with E-state index in [0.717, 1.165) is 18.8 Å². The molecule has 4 heteroatoms. The summed E-state index contributed by atoms with van der Waals surface area (Å²) < 4.78 is 0.318. The molecule has 0 radical (unpaired) electrons. The van der Waals surface area contributed by atoms with E-state index in [4.69, 9.17) is 0 Å². The standard InChI is InChI=1S/C10H18N2S2/c1-8-9(14-7-12-8)5-11-6-10(2,3)13-4/h7,11H,5-6H2,1-4H3. The summed E-state index contributed by atoms with van der Waals surface area (Å²) in [4.78, 5) is 5.57. The maximum absolute atomic E-state index is 4.23. The van der Waals surface area contributed by atoms with Crippen LogP contribution in [0.3, 0.4) is 0 Å². The van der Waals surface area contributed by atoms with Gasteiger partial charge < -0.3 is 5.32 Å². The van der Waals surface area contributed by atoms with Crippen LogP contribution < -0.4 is 5.32 Å². The average molecular weight is 230 g/mol. The molecule has 1 N–H and O–H groups in total. The number of nitrogens with one attached hydrogen (secondary N) is 1. The Morgan fingerprint density at radius 2 is 2.29 bits per heavy atom. The molecule has 0 fully saturated rings. The zero-order chi connectivity index (χ0) is 10.6. The molecular formula is C10H18N2S2. The van der Waals surface area contributed by atoms with Crippen LogP contribution in [0.15, 0.2) is 5.51 Å². The predicted octanol–water partition coefficient (Wildman–Crippen LogP) is 2.68. The first-order valence-corrected chi connectivity index (χ1v) is 6.80. The van der Waals surface area contributed by atoms with E-state index in [1.807, 2.05) is 17.3 Å². The minimum Gasteiger partial charge on any atom is -0.310 e. The van der Waals surface area contributed by atoms with Gasteiger partial charge in [0.05, 0.1) is 11.2 Å². The van der Waals surface area contributed by atoms with Crippen molar-refractivity contribution >= 4 is 23.1 Å². The van der Waals surface area contributed by atoms with Crippen LogP contribution >= 0.6 is 23.1 Å². The molecule has 14 heavy (non-hydrogen) atoms. The molecule has 1 rings (SSSR count). The molecule has 0 amide bonds. The van der Waals surface area contributed by atoms with E-state index in [1.165, 1.54) is 4.88 Å². The van der Waals surface area contributed by atoms with Gasteiger partial charge in [-0.2, -0.15) is 11.8 Å². The summed E-state index contributed by atoms with van der Waals surface area (Å²) in [5.74, 6) is 0. The summed E-state index contributed by atoms with van der Waals surface area (Å²) in [6.07, 6.45) is 2.15. The molecule has 1 aromatic rings. The third-order valence-electron chi connectivity index (χ3n) is 2.23. The quantitative estimate of drug-likeness (QED) is 0.842. The van der Waals surface area contributed by atoms with Crippen molar-refractivity contribution in [3.05, 3.63) is 16.1 Å². The maximum Gasteiger partial charge on any atom is 0.0798 e. The Hall–Kier alpha value is -0.0600. The van der Waals surface area contributed by atoms with Crippen LogP contribution in [0.4, 0.5) is 0 Å². The summed E-state index contributed by atoms with van der Waals surface area (Å²) in [7, 11) is 0. The normalized spacial score (nSPS) is 12.0. The van der Waals surface area contributed by atoms with E-state index >= 15 is 0 Å². The Labute approximate surface area is 94.5 Å². The van der Waals surface area contributed by atoms with E-state index in [1.54, 1.807) is 11.3 Å². The number of rotatable bonds is 5. The minimum atomic E-state index is 0.318. The summed E-state index contributed by atoms with van der Waals surface area (Å²) in [6.45, 7) is 8.55. The number of thiazole rings is 1. The number of hydrogen-bond donors (Lipinski definition) is 1. The summed E-state index contributed by atoms with van der Waals surface area (Å²) >= 11 is 3.62. The Bertz CT molecular complexity index is 281. The van der Waals surface area contributed by atoms with Crippen molar-refractivity contribution in [2.75, 3.05) is 12.8 Å². The van der Waals surface area contributed by atoms with Crippen LogP contribution in [0, 0.1) is 6.92 Å². The zero-order valence-corrected chi connectivity index (χ0v) is 10.9. The highest BCUT2D eigenvalue weighted by atomic mass is 32.2. The molecule has 0 aromatic carbocycles. The predicted molar refractivity (Wildman–Crippen MR) is 66.2 cm³/mol. The Balaban J connectivity index is 2.32. The van der Waals surface area contributed by atoms with Crippen LogP contribution in [0.1, 0.15) is 24.4 Å². The Morgan fingerprint density at radius 3 is 2.79 bits per heavy atom. The second-order valence-corrected chi connectivity index (χ2v) is 6.38. The van der Waals surface area contributed by atoms with Crippen LogP contribution in [0.2, 0.25) is 0 Å². The minimum absolute atomic E-state index is 0.318. The van der Waals surface area contributed by atoms with Crippen molar-refractivity contribution in [2.24, 2.45) is 0 Å². The maximum atomic E-state index is 4.23. The molecule has 0 spiro atoms. The van der Waals surface area contributed by atoms with Gasteiger partial charge in [-0.25, -0.2) is 4.98 Å². The lowest BCUT2D eigenvalue weighted by Crippen LogP contribution is -2.31. The summed E-state index contributed by atoms with van der Waals surface area (Å²) in [5.41, 5.74) is 3.07. The second kappa shape index (κ2) is 5.14. The molecule has 0 aliphatic rings. The third kappa shape index (κ3) is 3.59. The van der Waals surface area contributed by atoms with Crippen LogP contribution in [0.25, 0.3) is 0 Å². The van der Waals surface area contributed by atoms with E-state index in [0.29, 0.717) is 4.75 Å². The van der Waals surface area contributed by atoms with Gasteiger partial charge in [-0.15, -0.1) is 11.3 Å². The fourth-order valence-electron chi connectivity index (χ4n) is 1.05. The highest BCUT2D eigenvalue weighted by Crippen LogP contribution is 2.20. The topological polar surface area (TPSA) is 24.9 Å². The number of hydrogen-bond acceptors (Lipinski definition) is 4. The lowest BCUT2D eigenvalue weighted by molar-refractivity contribution is 0.593. The molecule has 0 aliphatic heterocycles. The van der Waals surface area contributed by atoms with Crippen LogP contribution in [-0.2, 0) is 6.54 Å². The monoisotopic (exact) mass is 230 g/mol. The SMILES string of the molecule is CSC(C)(C)CNCc1scnc1C. The van der Waals surface area contributed by atoms with E-state index in [2.05, 4.69) is 37.3 Å². The Kier molecular flexibility index (Phi) is 4.41. The molecule has 1 aromatic heterocycles. The van der Waals surface area contributed by atoms with Gasteiger partial charge in [-0.1, -0.05) is 0 Å². The van der Waals surface area contributed by atoms with Crippen LogP contribution in [-0.4, -0.2) is 22.5 Å². The highest BCUT2D eigenvalue weighted by molar-refractivity contribution is 7.99. The van der Waals surface area contributed by atoms with Gasteiger partial charge in [0.1, 0.15) is 0 Å². The molecule has 80 valence electrons. The van der Waals surface area contributed by atoms with Crippen molar-refractivity contribution in [1.29, 1.82) is 0 Å². The fourth-order valence-corrected chi connectivity index (χ4v) is 2.04. The van der Waals surface area contributed by atoms with Gasteiger partial charge in [0, 0.05) is 22.7 Å². The number of aromatic nitrogens is 1. The molecule has 0 bridgehead atoms. The first kappa shape index (κ1) is 12.0. The van der Waals surface area contributed by atoms with Gasteiger partial charge in [0.2, 0.25) is 0 Å². The summed E-state index contributed by atoms with van der Waals surface area (Å²) in [5, 5.41) is 3.47. The highest BCUT2D eigenvalue weighted by Gasteiger charge is 2.15. The van der Waals surface area contributed by atoms with Gasteiger partial charge in [0.25, 0.3) is 0 Å². The van der Waals surface area contributed by atoms with Crippen molar-refractivity contribution in [2.45, 2.75) is 32.1 Å². The second-order valence-electron chi connectivity index (χ2n) is 3.93. The van der Waals surface area contributed by atoms with Gasteiger partial charge in [-0.05, 0) is 27.0 Å². The molecular weight excluding hydrogens is 212 g/mol. The van der Waals surface area contributed by atoms with Crippen molar-refractivity contribution in [3.8, 4) is 0 Å². The molecule has 0 aliphatic carbocycles. The Morgan fingerprint density at radius 1 is 1.57 bits per heavy atom. The molecule has 0 unspecified atom stereocenters. The lowest BCUT2D eigenvalue weighted by atomic mass is 10.2. The van der Waals surface area contributed by atoms with Crippen molar-refractivity contribution in [1.82, 2.24) is 10.3 Å². The zero-order valence-electron chi connectivity index (χ0n) is 9.26. The van der Waals surface area contributed by atoms with Crippen molar-refractivity contribution in [3.63, 3.8) is 0 Å². The molecule has 2 nitrogen and oxygen atoms in total. The lowest BCUT2D eigenvalue weighted by Gasteiger charge is -2.22. The van der Waals surface area contributed by atoms with Crippen LogP contribution in [0.5, 0.6) is 0 Å². The molecule has 0 saturated carbocycles. The van der Waals surface area contributed by atoms with E-state index in [9.17, 15) is 0 Å². The van der Waals surface area contributed by atoms with E-state index in [-0.39, 0.29) is 0 Å². The van der Waals surface area contributed by atoms with Crippen molar-refractivity contribution < 1.29 is 0 Å². The fraction of sp³-hybridized carbons (Fsp3) is 0.700. The molecule has 0 atom stereocenters. The number of aryl methyl sites for hydroxylation is 1. The molecule has 0 saturated heterocycles. The number of thioether (sulfide) groups is 1. The third-order valence-corrected chi connectivity index (χ3v) is 4.42. The van der Waals surface area contributed by atoms with Gasteiger partial charge >= 0.3 is 0 Å². The van der Waals surface area contributed by atoms with Gasteiger partial charge in [-0.3, -0.25) is 0 Å². The average Bonchev–Trinajstić information content (AvgIpc) is 2.52. The largest absolute Gasteiger partial charge is 0.310 e. The first-order chi connectivity index (χ1) is 6.55. The number of nitrogens with zero attached hydrogens (tertiary/aromatic N) is 1. The first-order valence-electron chi connectivity index (χ1n) is 4.70. The smallest absolute Gasteiger partial charge is 0.0798 e. The summed E-state index contributed by atoms with van der Waals surface area (Å²) in [6, 6.07) is 0. The molecule has 1 heterocycles. The van der Waals surface area contributed by atoms with Gasteiger partial charge in [0.15, 0.2) is 0 Å². The van der Waals surface area contributed by atoms with E-state index < -0.39 is 0 Å².